The van der Waals surface area contributed by atoms with Gasteiger partial charge in [-0.15, -0.1) is 10.1 Å². The van der Waals surface area contributed by atoms with Crippen LogP contribution in [-0.2, 0) is 16.2 Å². The highest BCUT2D eigenvalue weighted by atomic mass is 32.2. The molecule has 6 nitrogen and oxygen atoms in total. The van der Waals surface area contributed by atoms with Gasteiger partial charge in [-0.25, -0.2) is 4.98 Å². The van der Waals surface area contributed by atoms with Gasteiger partial charge in [-0.05, 0) is 17.8 Å². The van der Waals surface area contributed by atoms with Crippen LogP contribution in [0.4, 0.5) is 0 Å². The van der Waals surface area contributed by atoms with Gasteiger partial charge in [-0.1, -0.05) is 6.07 Å². The van der Waals surface area contributed by atoms with Crippen LogP contribution < -0.4 is 0 Å². The lowest BCUT2D eigenvalue weighted by atomic mass is 10.3. The van der Waals surface area contributed by atoms with Crippen LogP contribution in [0.3, 0.4) is 0 Å². The van der Waals surface area contributed by atoms with Crippen molar-refractivity contribution in [2.45, 2.75) is 18.6 Å². The molecule has 0 aromatic carbocycles. The van der Waals surface area contributed by atoms with E-state index < -0.39 is 5.09 Å². The molecule has 0 fully saturated rings. The number of thioether (sulfide) groups is 1. The molecule has 0 unspecified atom stereocenters. The highest BCUT2D eigenvalue weighted by Gasteiger charge is 2.08. The molecule has 1 aromatic rings. The Balaban J connectivity index is 2.76. The zero-order valence-electron chi connectivity index (χ0n) is 7.87. The molecule has 1 heterocycles. The van der Waals surface area contributed by atoms with Gasteiger partial charge in [0.1, 0.15) is 11.6 Å². The van der Waals surface area contributed by atoms with Crippen molar-refractivity contribution in [3.05, 3.63) is 34.0 Å². The molecule has 0 spiro atoms. The summed E-state index contributed by atoms with van der Waals surface area (Å²) in [6, 6.07) is 3.25. The van der Waals surface area contributed by atoms with Crippen LogP contribution in [0.25, 0.3) is 0 Å². The van der Waals surface area contributed by atoms with Gasteiger partial charge in [0.25, 0.3) is 5.09 Å². The van der Waals surface area contributed by atoms with E-state index in [0.717, 1.165) is 11.8 Å². The molecule has 15 heavy (non-hydrogen) atoms. The minimum Gasteiger partial charge on any atom is -0.309 e. The van der Waals surface area contributed by atoms with E-state index in [1.54, 1.807) is 12.1 Å². The molecular formula is C8H8N2O4S. The van der Waals surface area contributed by atoms with Crippen molar-refractivity contribution in [3.63, 3.8) is 0 Å². The van der Waals surface area contributed by atoms with Crippen LogP contribution in [0, 0.1) is 10.1 Å². The molecule has 0 N–H and O–H groups in total. The van der Waals surface area contributed by atoms with Gasteiger partial charge in [0, 0.05) is 18.7 Å². The molecule has 0 saturated heterocycles. The zero-order chi connectivity index (χ0) is 11.3. The number of rotatable bonds is 4. The smallest absolute Gasteiger partial charge is 0.294 e. The number of hydrogen-bond donors (Lipinski definition) is 0. The Kier molecular flexibility index (Phi) is 4.04. The molecule has 0 atom stereocenters. The lowest BCUT2D eigenvalue weighted by Crippen LogP contribution is -2.02. The Labute approximate surface area is 89.8 Å². The van der Waals surface area contributed by atoms with Crippen molar-refractivity contribution in [3.8, 4) is 0 Å². The predicted molar refractivity (Wildman–Crippen MR) is 52.6 cm³/mol. The summed E-state index contributed by atoms with van der Waals surface area (Å²) in [6.45, 7) is 1.20. The third kappa shape index (κ3) is 3.94. The Morgan fingerprint density at radius 3 is 3.07 bits per heavy atom. The van der Waals surface area contributed by atoms with Gasteiger partial charge < -0.3 is 4.84 Å². The van der Waals surface area contributed by atoms with Crippen LogP contribution in [0.2, 0.25) is 0 Å². The summed E-state index contributed by atoms with van der Waals surface area (Å²) >= 11 is 0.924. The molecule has 1 rings (SSSR count). The van der Waals surface area contributed by atoms with Crippen LogP contribution >= 0.6 is 11.8 Å². The summed E-state index contributed by atoms with van der Waals surface area (Å²) in [5.74, 6) is 0. The Morgan fingerprint density at radius 1 is 1.73 bits per heavy atom. The van der Waals surface area contributed by atoms with E-state index in [2.05, 4.69) is 9.82 Å². The predicted octanol–water partition coefficient (Wildman–Crippen LogP) is 1.43. The fraction of sp³-hybridized carbons (Fsp3) is 0.250. The number of carbonyl (C=O) groups excluding carboxylic acids is 1. The third-order valence-corrected chi connectivity index (χ3v) is 2.26. The monoisotopic (exact) mass is 228 g/mol. The molecule has 0 amide bonds. The number of aromatic nitrogens is 1. The second-order valence-corrected chi connectivity index (χ2v) is 3.72. The molecule has 0 radical (unpaired) electrons. The maximum absolute atomic E-state index is 10.9. The maximum Gasteiger partial charge on any atom is 0.294 e. The van der Waals surface area contributed by atoms with Crippen molar-refractivity contribution >= 4 is 16.9 Å². The van der Waals surface area contributed by atoms with E-state index in [1.165, 1.54) is 13.1 Å². The lowest BCUT2D eigenvalue weighted by Gasteiger charge is -2.04. The molecule has 0 aliphatic carbocycles. The fourth-order valence-electron chi connectivity index (χ4n) is 0.884. The van der Waals surface area contributed by atoms with Crippen molar-refractivity contribution in [2.75, 3.05) is 0 Å². The van der Waals surface area contributed by atoms with Gasteiger partial charge in [-0.2, -0.15) is 0 Å². The van der Waals surface area contributed by atoms with Gasteiger partial charge in [0.15, 0.2) is 5.12 Å². The minimum absolute atomic E-state index is 0.129. The van der Waals surface area contributed by atoms with Crippen LogP contribution in [0.15, 0.2) is 23.4 Å². The second kappa shape index (κ2) is 5.30. The first kappa shape index (κ1) is 11.4. The molecule has 80 valence electrons. The molecular weight excluding hydrogens is 220 g/mol. The van der Waals surface area contributed by atoms with E-state index in [9.17, 15) is 14.9 Å². The minimum atomic E-state index is -0.880. The molecule has 0 bridgehead atoms. The van der Waals surface area contributed by atoms with Crippen LogP contribution in [-0.4, -0.2) is 15.2 Å². The maximum atomic E-state index is 10.9. The first-order chi connectivity index (χ1) is 7.09. The van der Waals surface area contributed by atoms with Crippen molar-refractivity contribution in [2.24, 2.45) is 0 Å². The highest BCUT2D eigenvalue weighted by molar-refractivity contribution is 8.13. The summed E-state index contributed by atoms with van der Waals surface area (Å²) in [5, 5.41) is 9.42. The fourth-order valence-corrected chi connectivity index (χ4v) is 1.53. The summed E-state index contributed by atoms with van der Waals surface area (Å²) in [4.78, 5) is 29.0. The molecule has 0 aliphatic heterocycles. The van der Waals surface area contributed by atoms with Gasteiger partial charge in [0.05, 0.1) is 0 Å². The molecule has 0 saturated carbocycles. The van der Waals surface area contributed by atoms with E-state index in [4.69, 9.17) is 0 Å². The lowest BCUT2D eigenvalue weighted by molar-refractivity contribution is -0.763. The van der Waals surface area contributed by atoms with Gasteiger partial charge in [-0.3, -0.25) is 4.79 Å². The third-order valence-electron chi connectivity index (χ3n) is 1.42. The topological polar surface area (TPSA) is 82.3 Å². The van der Waals surface area contributed by atoms with Gasteiger partial charge in [0.2, 0.25) is 0 Å². The van der Waals surface area contributed by atoms with E-state index in [0.29, 0.717) is 10.6 Å². The van der Waals surface area contributed by atoms with Crippen LogP contribution in [0.1, 0.15) is 12.5 Å². The first-order valence-corrected chi connectivity index (χ1v) is 4.81. The quantitative estimate of drug-likeness (QED) is 0.440. The molecule has 7 heteroatoms. The summed E-state index contributed by atoms with van der Waals surface area (Å²) in [6.07, 6.45) is 1.51. The summed E-state index contributed by atoms with van der Waals surface area (Å²) in [5.41, 5.74) is 0.523. The van der Waals surface area contributed by atoms with E-state index >= 15 is 0 Å². The van der Waals surface area contributed by atoms with Crippen molar-refractivity contribution in [1.82, 2.24) is 4.98 Å². The highest BCUT2D eigenvalue weighted by Crippen LogP contribution is 2.20. The zero-order valence-corrected chi connectivity index (χ0v) is 8.69. The number of hydrogen-bond acceptors (Lipinski definition) is 6. The average Bonchev–Trinajstić information content (AvgIpc) is 2.15. The molecule has 0 aliphatic rings. The van der Waals surface area contributed by atoms with Gasteiger partial charge >= 0.3 is 0 Å². The van der Waals surface area contributed by atoms with Crippen molar-refractivity contribution < 1.29 is 14.7 Å². The Morgan fingerprint density at radius 2 is 2.47 bits per heavy atom. The number of pyridine rings is 1. The van der Waals surface area contributed by atoms with E-state index in [1.807, 2.05) is 0 Å². The standard InChI is InChI=1S/C8H8N2O4S/c1-6(11)15-8-7(3-2-4-9-8)5-14-10(12)13/h2-4H,5H2,1H3. The Hall–Kier alpha value is -1.63. The number of carbonyl (C=O) groups is 1. The normalized spacial score (nSPS) is 9.67. The molecule has 1 aromatic heterocycles. The summed E-state index contributed by atoms with van der Waals surface area (Å²) < 4.78 is 0. The second-order valence-electron chi connectivity index (χ2n) is 2.56. The van der Waals surface area contributed by atoms with Crippen molar-refractivity contribution in [1.29, 1.82) is 0 Å². The largest absolute Gasteiger partial charge is 0.309 e. The summed E-state index contributed by atoms with van der Waals surface area (Å²) in [7, 11) is 0. The Bertz CT molecular complexity index is 383. The SMILES string of the molecule is CC(=O)Sc1ncccc1CO[N+](=O)[O-]. The number of nitrogens with zero attached hydrogens (tertiary/aromatic N) is 2. The van der Waals surface area contributed by atoms with Crippen LogP contribution in [0.5, 0.6) is 0 Å². The first-order valence-electron chi connectivity index (χ1n) is 3.99. The average molecular weight is 228 g/mol. The van der Waals surface area contributed by atoms with E-state index in [-0.39, 0.29) is 11.7 Å².